The first-order chi connectivity index (χ1) is 8.52. The summed E-state index contributed by atoms with van der Waals surface area (Å²) in [6.07, 6.45) is 0. The Balaban J connectivity index is 2.45. The van der Waals surface area contributed by atoms with Gasteiger partial charge in [-0.2, -0.15) is 0 Å². The molecule has 1 N–H and O–H groups in total. The van der Waals surface area contributed by atoms with E-state index in [1.807, 2.05) is 31.3 Å². The maximum Gasteiger partial charge on any atom is 0.107 e. The highest BCUT2D eigenvalue weighted by Crippen LogP contribution is 2.39. The van der Waals surface area contributed by atoms with Gasteiger partial charge in [-0.1, -0.05) is 45.2 Å². The van der Waals surface area contributed by atoms with Crippen LogP contribution in [0, 0.1) is 0 Å². The number of hydrogen-bond donors (Lipinski definition) is 1. The highest BCUT2D eigenvalue weighted by atomic mass is 79.9. The molecule has 6 heteroatoms. The Morgan fingerprint density at radius 3 is 2.44 bits per heavy atom. The molecule has 0 amide bonds. The second kappa shape index (κ2) is 6.25. The Kier molecular flexibility index (Phi) is 5.14. The normalized spacial score (nSPS) is 12.7. The van der Waals surface area contributed by atoms with E-state index < -0.39 is 0 Å². The largest absolute Gasteiger partial charge is 0.309 e. The summed E-state index contributed by atoms with van der Waals surface area (Å²) in [5, 5.41) is 3.99. The van der Waals surface area contributed by atoms with E-state index in [1.54, 1.807) is 11.3 Å². The van der Waals surface area contributed by atoms with Crippen LogP contribution in [0.5, 0.6) is 0 Å². The first kappa shape index (κ1) is 14.8. The molecule has 1 aromatic carbocycles. The van der Waals surface area contributed by atoms with Gasteiger partial charge in [0.2, 0.25) is 0 Å². The molecule has 1 atom stereocenters. The molecule has 0 saturated heterocycles. The number of benzene rings is 1. The minimum atomic E-state index is 0.0411. The van der Waals surface area contributed by atoms with Crippen molar-refractivity contribution in [3.05, 3.63) is 53.0 Å². The molecule has 96 valence electrons. The minimum Gasteiger partial charge on any atom is -0.309 e. The standard InChI is InChI=1S/C12H9Br2Cl2NS/c1-17-11(10-5-8(14)12(16)18-10)7-3-2-6(13)4-9(7)15/h2-5,11,17H,1H3. The van der Waals surface area contributed by atoms with Crippen LogP contribution < -0.4 is 5.32 Å². The second-order valence-corrected chi connectivity index (χ2v) is 7.52. The van der Waals surface area contributed by atoms with Crippen LogP contribution in [-0.2, 0) is 0 Å². The third-order valence-electron chi connectivity index (χ3n) is 2.51. The summed E-state index contributed by atoms with van der Waals surface area (Å²) < 4.78 is 2.63. The van der Waals surface area contributed by atoms with Crippen molar-refractivity contribution in [3.8, 4) is 0 Å². The molecule has 1 heterocycles. The number of halogens is 4. The molecule has 0 aliphatic heterocycles. The molecule has 0 aliphatic carbocycles. The fraction of sp³-hybridized carbons (Fsp3) is 0.167. The van der Waals surface area contributed by atoms with Gasteiger partial charge < -0.3 is 5.32 Å². The summed E-state index contributed by atoms with van der Waals surface area (Å²) in [6.45, 7) is 0. The summed E-state index contributed by atoms with van der Waals surface area (Å²) >= 11 is 20.8. The van der Waals surface area contributed by atoms with Crippen LogP contribution in [0.15, 0.2) is 33.2 Å². The quantitative estimate of drug-likeness (QED) is 0.641. The lowest BCUT2D eigenvalue weighted by atomic mass is 10.1. The van der Waals surface area contributed by atoms with Gasteiger partial charge in [0.1, 0.15) is 4.34 Å². The van der Waals surface area contributed by atoms with Crippen LogP contribution in [-0.4, -0.2) is 7.05 Å². The van der Waals surface area contributed by atoms with Crippen molar-refractivity contribution in [1.82, 2.24) is 5.32 Å². The highest BCUT2D eigenvalue weighted by molar-refractivity contribution is 9.10. The maximum atomic E-state index is 6.29. The molecular weight excluding hydrogens is 421 g/mol. The predicted octanol–water partition coefficient (Wildman–Crippen LogP) is 5.89. The minimum absolute atomic E-state index is 0.0411. The number of rotatable bonds is 3. The molecule has 18 heavy (non-hydrogen) atoms. The van der Waals surface area contributed by atoms with Gasteiger partial charge in [-0.05, 0) is 46.7 Å². The van der Waals surface area contributed by atoms with E-state index in [0.717, 1.165) is 28.7 Å². The average Bonchev–Trinajstić information content (AvgIpc) is 2.63. The lowest BCUT2D eigenvalue weighted by Gasteiger charge is -2.16. The van der Waals surface area contributed by atoms with Gasteiger partial charge in [0, 0.05) is 18.8 Å². The van der Waals surface area contributed by atoms with Gasteiger partial charge in [-0.3, -0.25) is 0 Å². The molecule has 1 nitrogen and oxygen atoms in total. The lowest BCUT2D eigenvalue weighted by Crippen LogP contribution is -2.16. The molecule has 2 rings (SSSR count). The SMILES string of the molecule is CNC(c1cc(Br)c(Cl)s1)c1ccc(Br)cc1Cl. The molecule has 2 aromatic rings. The van der Waals surface area contributed by atoms with Crippen molar-refractivity contribution < 1.29 is 0 Å². The summed E-state index contributed by atoms with van der Waals surface area (Å²) in [6, 6.07) is 7.95. The second-order valence-electron chi connectivity index (χ2n) is 3.66. The molecule has 1 unspecified atom stereocenters. The Labute approximate surface area is 137 Å². The highest BCUT2D eigenvalue weighted by Gasteiger charge is 2.18. The summed E-state index contributed by atoms with van der Waals surface area (Å²) in [5.41, 5.74) is 1.03. The van der Waals surface area contributed by atoms with Gasteiger partial charge in [0.05, 0.1) is 6.04 Å². The Hall–Kier alpha value is 0.420. The van der Waals surface area contributed by atoms with Crippen LogP contribution >= 0.6 is 66.4 Å². The van der Waals surface area contributed by atoms with Crippen LogP contribution in [0.25, 0.3) is 0 Å². The lowest BCUT2D eigenvalue weighted by molar-refractivity contribution is 0.704. The van der Waals surface area contributed by atoms with Gasteiger partial charge in [0.15, 0.2) is 0 Å². The van der Waals surface area contributed by atoms with E-state index in [4.69, 9.17) is 23.2 Å². The van der Waals surface area contributed by atoms with Crippen LogP contribution in [0.1, 0.15) is 16.5 Å². The van der Waals surface area contributed by atoms with Gasteiger partial charge in [-0.25, -0.2) is 0 Å². The number of hydrogen-bond acceptors (Lipinski definition) is 2. The fourth-order valence-electron chi connectivity index (χ4n) is 1.69. The van der Waals surface area contributed by atoms with Gasteiger partial charge in [0.25, 0.3) is 0 Å². The number of nitrogens with one attached hydrogen (secondary N) is 1. The van der Waals surface area contributed by atoms with E-state index in [2.05, 4.69) is 37.2 Å². The zero-order valence-electron chi connectivity index (χ0n) is 9.31. The van der Waals surface area contributed by atoms with Gasteiger partial charge in [-0.15, -0.1) is 11.3 Å². The molecule has 1 aromatic heterocycles. The first-order valence-corrected chi connectivity index (χ1v) is 8.25. The topological polar surface area (TPSA) is 12.0 Å². The maximum absolute atomic E-state index is 6.29. The van der Waals surface area contributed by atoms with Crippen molar-refractivity contribution >= 4 is 66.4 Å². The van der Waals surface area contributed by atoms with Crippen molar-refractivity contribution in [2.45, 2.75) is 6.04 Å². The average molecular weight is 430 g/mol. The Bertz CT molecular complexity index is 552. The van der Waals surface area contributed by atoms with Crippen molar-refractivity contribution in [3.63, 3.8) is 0 Å². The smallest absolute Gasteiger partial charge is 0.107 e. The number of thiophene rings is 1. The Morgan fingerprint density at radius 1 is 1.22 bits per heavy atom. The predicted molar refractivity (Wildman–Crippen MR) is 87.1 cm³/mol. The molecule has 0 spiro atoms. The fourth-order valence-corrected chi connectivity index (χ4v) is 4.34. The molecule has 0 aliphatic rings. The Morgan fingerprint density at radius 2 is 1.94 bits per heavy atom. The van der Waals surface area contributed by atoms with E-state index in [-0.39, 0.29) is 6.04 Å². The molecule has 0 fully saturated rings. The van der Waals surface area contributed by atoms with Crippen molar-refractivity contribution in [1.29, 1.82) is 0 Å². The first-order valence-electron chi connectivity index (χ1n) is 5.10. The van der Waals surface area contributed by atoms with Gasteiger partial charge >= 0.3 is 0 Å². The zero-order valence-corrected chi connectivity index (χ0v) is 14.8. The third-order valence-corrected chi connectivity index (χ3v) is 5.87. The molecule has 0 saturated carbocycles. The molecule has 0 bridgehead atoms. The van der Waals surface area contributed by atoms with E-state index in [0.29, 0.717) is 0 Å². The van der Waals surface area contributed by atoms with E-state index in [9.17, 15) is 0 Å². The summed E-state index contributed by atoms with van der Waals surface area (Å²) in [7, 11) is 1.91. The molecular formula is C12H9Br2Cl2NS. The third kappa shape index (κ3) is 3.11. The summed E-state index contributed by atoms with van der Waals surface area (Å²) in [4.78, 5) is 1.12. The van der Waals surface area contributed by atoms with E-state index >= 15 is 0 Å². The monoisotopic (exact) mass is 427 g/mol. The zero-order chi connectivity index (χ0) is 13.3. The van der Waals surface area contributed by atoms with Crippen LogP contribution in [0.4, 0.5) is 0 Å². The summed E-state index contributed by atoms with van der Waals surface area (Å²) in [5.74, 6) is 0. The van der Waals surface area contributed by atoms with E-state index in [1.165, 1.54) is 0 Å². The van der Waals surface area contributed by atoms with Crippen LogP contribution in [0.2, 0.25) is 9.36 Å². The van der Waals surface area contributed by atoms with Crippen molar-refractivity contribution in [2.75, 3.05) is 7.05 Å². The van der Waals surface area contributed by atoms with Crippen LogP contribution in [0.3, 0.4) is 0 Å². The van der Waals surface area contributed by atoms with Crippen molar-refractivity contribution in [2.24, 2.45) is 0 Å². The molecule has 0 radical (unpaired) electrons.